The second-order valence-corrected chi connectivity index (χ2v) is 7.24. The maximum absolute atomic E-state index is 12.5. The van der Waals surface area contributed by atoms with E-state index in [1.807, 2.05) is 30.3 Å². The zero-order valence-electron chi connectivity index (χ0n) is 16.0. The minimum atomic E-state index is -0.731. The number of esters is 2. The molecule has 2 aromatic rings. The van der Waals surface area contributed by atoms with Crippen LogP contribution in [-0.4, -0.2) is 26.2 Å². The molecule has 7 heteroatoms. The Labute approximate surface area is 171 Å². The van der Waals surface area contributed by atoms with Gasteiger partial charge in [-0.1, -0.05) is 28.1 Å². The summed E-state index contributed by atoms with van der Waals surface area (Å²) in [6.45, 7) is 3.52. The molecule has 0 radical (unpaired) electrons. The number of nitrogens with one attached hydrogen (secondary N) is 1. The molecule has 1 aliphatic rings. The normalized spacial score (nSPS) is 14.8. The highest BCUT2D eigenvalue weighted by molar-refractivity contribution is 9.10. The van der Waals surface area contributed by atoms with E-state index in [4.69, 9.17) is 13.9 Å². The number of hydrogen-bond acceptors (Lipinski definition) is 6. The molecule has 146 valence electrons. The minimum absolute atomic E-state index is 0.310. The Morgan fingerprint density at radius 3 is 1.96 bits per heavy atom. The highest BCUT2D eigenvalue weighted by atomic mass is 79.9. The number of carbonyl (C=O) groups excluding carboxylic acids is 2. The molecule has 28 heavy (non-hydrogen) atoms. The van der Waals surface area contributed by atoms with Crippen molar-refractivity contribution in [1.29, 1.82) is 0 Å². The van der Waals surface area contributed by atoms with Crippen LogP contribution >= 0.6 is 15.9 Å². The first-order valence-electron chi connectivity index (χ1n) is 8.58. The summed E-state index contributed by atoms with van der Waals surface area (Å²) in [5.41, 5.74) is 2.70. The Balaban J connectivity index is 2.13. The molecule has 1 aliphatic heterocycles. The molecule has 1 aromatic heterocycles. The predicted octanol–water partition coefficient (Wildman–Crippen LogP) is 4.29. The van der Waals surface area contributed by atoms with E-state index in [1.54, 1.807) is 19.9 Å². The summed E-state index contributed by atoms with van der Waals surface area (Å²) in [6.07, 6.45) is 0. The van der Waals surface area contributed by atoms with E-state index < -0.39 is 17.9 Å². The molecule has 0 bridgehead atoms. The maximum Gasteiger partial charge on any atom is 0.336 e. The number of halogens is 1. The summed E-state index contributed by atoms with van der Waals surface area (Å²) in [4.78, 5) is 25.0. The summed E-state index contributed by atoms with van der Waals surface area (Å²) in [7, 11) is 2.61. The Kier molecular flexibility index (Phi) is 5.74. The van der Waals surface area contributed by atoms with Crippen LogP contribution in [-0.2, 0) is 19.1 Å². The third-order valence-electron chi connectivity index (χ3n) is 4.61. The van der Waals surface area contributed by atoms with Crippen molar-refractivity contribution in [1.82, 2.24) is 5.32 Å². The summed E-state index contributed by atoms with van der Waals surface area (Å²) in [5, 5.41) is 3.06. The summed E-state index contributed by atoms with van der Waals surface area (Å²) < 4.78 is 16.9. The first kappa shape index (κ1) is 19.9. The molecule has 0 saturated heterocycles. The number of dihydropyridines is 1. The lowest BCUT2D eigenvalue weighted by molar-refractivity contribution is -0.137. The molecular weight excluding hydrogens is 426 g/mol. The molecule has 2 heterocycles. The highest BCUT2D eigenvalue weighted by Crippen LogP contribution is 2.41. The fourth-order valence-electron chi connectivity index (χ4n) is 3.32. The number of allylic oxidation sites excluding steroid dienone is 2. The van der Waals surface area contributed by atoms with E-state index >= 15 is 0 Å². The van der Waals surface area contributed by atoms with Gasteiger partial charge in [-0.3, -0.25) is 0 Å². The van der Waals surface area contributed by atoms with Crippen LogP contribution in [0.2, 0.25) is 0 Å². The molecule has 0 amide bonds. The molecule has 0 fully saturated rings. The van der Waals surface area contributed by atoms with Gasteiger partial charge in [0.05, 0.1) is 31.3 Å². The Morgan fingerprint density at radius 1 is 0.929 bits per heavy atom. The van der Waals surface area contributed by atoms with Gasteiger partial charge in [0, 0.05) is 21.4 Å². The summed E-state index contributed by atoms with van der Waals surface area (Å²) in [6, 6.07) is 11.2. The van der Waals surface area contributed by atoms with Crippen molar-refractivity contribution in [3.8, 4) is 11.3 Å². The first-order chi connectivity index (χ1) is 13.4. The smallest absolute Gasteiger partial charge is 0.336 e. The molecule has 0 atom stereocenters. The summed E-state index contributed by atoms with van der Waals surface area (Å²) >= 11 is 3.41. The zero-order chi connectivity index (χ0) is 20.4. The molecule has 0 saturated carbocycles. The summed E-state index contributed by atoms with van der Waals surface area (Å²) in [5.74, 6) is -0.718. The molecule has 1 N–H and O–H groups in total. The lowest BCUT2D eigenvalue weighted by Crippen LogP contribution is -2.31. The van der Waals surface area contributed by atoms with Gasteiger partial charge in [-0.2, -0.15) is 0 Å². The van der Waals surface area contributed by atoms with E-state index in [0.29, 0.717) is 34.1 Å². The average Bonchev–Trinajstić information content (AvgIpc) is 3.16. The van der Waals surface area contributed by atoms with E-state index in [-0.39, 0.29) is 0 Å². The molecular formula is C21H20BrNO5. The number of hydrogen-bond donors (Lipinski definition) is 1. The quantitative estimate of drug-likeness (QED) is 0.707. The van der Waals surface area contributed by atoms with Crippen LogP contribution in [0.1, 0.15) is 25.5 Å². The Morgan fingerprint density at radius 2 is 1.46 bits per heavy atom. The minimum Gasteiger partial charge on any atom is -0.466 e. The van der Waals surface area contributed by atoms with Gasteiger partial charge < -0.3 is 19.2 Å². The zero-order valence-corrected chi connectivity index (χ0v) is 17.5. The van der Waals surface area contributed by atoms with Crippen molar-refractivity contribution in [2.75, 3.05) is 14.2 Å². The number of ether oxygens (including phenoxy) is 2. The van der Waals surface area contributed by atoms with Crippen LogP contribution in [0.4, 0.5) is 0 Å². The van der Waals surface area contributed by atoms with Gasteiger partial charge in [-0.15, -0.1) is 0 Å². The van der Waals surface area contributed by atoms with Gasteiger partial charge in [-0.25, -0.2) is 9.59 Å². The van der Waals surface area contributed by atoms with Crippen molar-refractivity contribution >= 4 is 27.9 Å². The second kappa shape index (κ2) is 8.06. The average molecular weight is 446 g/mol. The SMILES string of the molecule is COC(=O)C1=C(C)NC(C)=C(C(=O)OC)C1c1ccc(-c2ccc(Br)cc2)o1. The van der Waals surface area contributed by atoms with Crippen LogP contribution in [0.3, 0.4) is 0 Å². The third kappa shape index (κ3) is 3.62. The molecule has 3 rings (SSSR count). The van der Waals surface area contributed by atoms with Gasteiger partial charge in [0.15, 0.2) is 0 Å². The second-order valence-electron chi connectivity index (χ2n) is 6.33. The van der Waals surface area contributed by atoms with Crippen LogP contribution in [0, 0.1) is 0 Å². The van der Waals surface area contributed by atoms with Crippen molar-refractivity contribution in [2.45, 2.75) is 19.8 Å². The fraction of sp³-hybridized carbons (Fsp3) is 0.238. The molecule has 6 nitrogen and oxygen atoms in total. The molecule has 0 spiro atoms. The van der Waals surface area contributed by atoms with Crippen molar-refractivity contribution in [3.63, 3.8) is 0 Å². The molecule has 0 aliphatic carbocycles. The topological polar surface area (TPSA) is 77.8 Å². The lowest BCUT2D eigenvalue weighted by Gasteiger charge is -2.28. The van der Waals surface area contributed by atoms with Crippen molar-refractivity contribution in [2.24, 2.45) is 0 Å². The molecule has 0 unspecified atom stereocenters. The van der Waals surface area contributed by atoms with Crippen LogP contribution in [0.15, 0.2) is 67.8 Å². The highest BCUT2D eigenvalue weighted by Gasteiger charge is 2.39. The maximum atomic E-state index is 12.5. The third-order valence-corrected chi connectivity index (χ3v) is 5.14. The van der Waals surface area contributed by atoms with Crippen LogP contribution in [0.25, 0.3) is 11.3 Å². The first-order valence-corrected chi connectivity index (χ1v) is 9.37. The Hall–Kier alpha value is -2.80. The van der Waals surface area contributed by atoms with Crippen molar-refractivity contribution in [3.05, 3.63) is 69.2 Å². The van der Waals surface area contributed by atoms with Crippen LogP contribution in [0.5, 0.6) is 0 Å². The largest absolute Gasteiger partial charge is 0.466 e. The van der Waals surface area contributed by atoms with Gasteiger partial charge >= 0.3 is 11.9 Å². The number of benzene rings is 1. The van der Waals surface area contributed by atoms with Gasteiger partial charge in [-0.05, 0) is 38.1 Å². The number of furan rings is 1. The van der Waals surface area contributed by atoms with E-state index in [0.717, 1.165) is 10.0 Å². The van der Waals surface area contributed by atoms with Gasteiger partial charge in [0.25, 0.3) is 0 Å². The predicted molar refractivity (Wildman–Crippen MR) is 107 cm³/mol. The molecule has 1 aromatic carbocycles. The monoisotopic (exact) mass is 445 g/mol. The standard InChI is InChI=1S/C21H20BrNO5/c1-11-17(20(24)26-3)19(18(12(2)23-11)21(25)27-4)16-10-9-15(28-16)13-5-7-14(22)8-6-13/h5-10,19,23H,1-4H3. The number of carbonyl (C=O) groups is 2. The van der Waals surface area contributed by atoms with Gasteiger partial charge in [0.2, 0.25) is 0 Å². The fourth-order valence-corrected chi connectivity index (χ4v) is 3.58. The van der Waals surface area contributed by atoms with Crippen LogP contribution < -0.4 is 5.32 Å². The number of rotatable bonds is 4. The van der Waals surface area contributed by atoms with Crippen molar-refractivity contribution < 1.29 is 23.5 Å². The lowest BCUT2D eigenvalue weighted by atomic mass is 9.83. The Bertz CT molecular complexity index is 946. The van der Waals surface area contributed by atoms with E-state index in [9.17, 15) is 9.59 Å². The van der Waals surface area contributed by atoms with Gasteiger partial charge in [0.1, 0.15) is 11.5 Å². The number of methoxy groups -OCH3 is 2. The van der Waals surface area contributed by atoms with E-state index in [2.05, 4.69) is 21.2 Å². The van der Waals surface area contributed by atoms with E-state index in [1.165, 1.54) is 14.2 Å².